The molecule has 0 aliphatic heterocycles. The van der Waals surface area contributed by atoms with Crippen molar-refractivity contribution < 1.29 is 9.53 Å². The van der Waals surface area contributed by atoms with Crippen molar-refractivity contribution in [2.45, 2.75) is 20.8 Å². The van der Waals surface area contributed by atoms with Crippen LogP contribution in [0.4, 0.5) is 0 Å². The summed E-state index contributed by atoms with van der Waals surface area (Å²) in [5.41, 5.74) is 6.25. The molecule has 4 heteroatoms. The number of aromatic nitrogens is 2. The van der Waals surface area contributed by atoms with Gasteiger partial charge < -0.3 is 4.74 Å². The monoisotopic (exact) mass is 382 g/mol. The molecule has 1 heterocycles. The van der Waals surface area contributed by atoms with Crippen molar-refractivity contribution in [2.75, 3.05) is 0 Å². The fraction of sp³-hybridized carbons (Fsp3) is 0.120. The fourth-order valence-electron chi connectivity index (χ4n) is 3.28. The summed E-state index contributed by atoms with van der Waals surface area (Å²) in [5, 5.41) is 4.76. The number of hydrogen-bond acceptors (Lipinski definition) is 3. The highest BCUT2D eigenvalue weighted by molar-refractivity contribution is 5.92. The van der Waals surface area contributed by atoms with Gasteiger partial charge in [-0.25, -0.2) is 4.79 Å². The largest absolute Gasteiger partial charge is 0.404 e. The molecule has 4 nitrogen and oxygen atoms in total. The number of rotatable bonds is 4. The normalized spacial score (nSPS) is 10.7. The van der Waals surface area contributed by atoms with Crippen LogP contribution < -0.4 is 4.74 Å². The summed E-state index contributed by atoms with van der Waals surface area (Å²) in [6.45, 7) is 5.99. The van der Waals surface area contributed by atoms with Crippen molar-refractivity contribution in [3.05, 3.63) is 101 Å². The maximum absolute atomic E-state index is 12.9. The molecule has 0 fully saturated rings. The molecule has 0 amide bonds. The highest BCUT2D eigenvalue weighted by atomic mass is 16.5. The number of carbonyl (C=O) groups is 1. The maximum Gasteiger partial charge on any atom is 0.345 e. The van der Waals surface area contributed by atoms with Gasteiger partial charge in [-0.2, -0.15) is 9.78 Å². The Morgan fingerprint density at radius 2 is 1.52 bits per heavy atom. The third kappa shape index (κ3) is 3.69. The first kappa shape index (κ1) is 18.7. The third-order valence-corrected chi connectivity index (χ3v) is 5.11. The van der Waals surface area contributed by atoms with Crippen LogP contribution in [0.1, 0.15) is 27.0 Å². The van der Waals surface area contributed by atoms with E-state index in [9.17, 15) is 4.79 Å². The molecule has 4 aromatic rings. The lowest BCUT2D eigenvalue weighted by atomic mass is 10.1. The van der Waals surface area contributed by atoms with Crippen LogP contribution in [0, 0.1) is 20.8 Å². The Morgan fingerprint density at radius 3 is 2.28 bits per heavy atom. The van der Waals surface area contributed by atoms with Crippen LogP contribution in [0.15, 0.2) is 78.9 Å². The molecule has 29 heavy (non-hydrogen) atoms. The van der Waals surface area contributed by atoms with Crippen LogP contribution in [-0.4, -0.2) is 15.7 Å². The average Bonchev–Trinajstić information content (AvgIpc) is 3.14. The van der Waals surface area contributed by atoms with Gasteiger partial charge >= 0.3 is 5.97 Å². The molecule has 0 aliphatic rings. The Labute approximate surface area is 170 Å². The standard InChI is InChI=1S/C25H22N2O2/c1-17-11-9-15-23(19(17)3)27-24(16-22(26-27)20-12-5-4-6-13-20)29-25(28)21-14-8-7-10-18(21)2/h4-16H,1-3H3. The van der Waals surface area contributed by atoms with Crippen LogP contribution in [-0.2, 0) is 0 Å². The quantitative estimate of drug-likeness (QED) is 0.426. The van der Waals surface area contributed by atoms with Gasteiger partial charge in [-0.15, -0.1) is 0 Å². The van der Waals surface area contributed by atoms with Crippen LogP contribution in [0.3, 0.4) is 0 Å². The highest BCUT2D eigenvalue weighted by Crippen LogP contribution is 2.29. The predicted molar refractivity (Wildman–Crippen MR) is 115 cm³/mol. The van der Waals surface area contributed by atoms with Gasteiger partial charge in [-0.1, -0.05) is 60.7 Å². The lowest BCUT2D eigenvalue weighted by molar-refractivity contribution is 0.0722. The SMILES string of the molecule is Cc1ccccc1C(=O)Oc1cc(-c2ccccc2)nn1-c1cccc(C)c1C. The van der Waals surface area contributed by atoms with Gasteiger partial charge in [0.2, 0.25) is 5.88 Å². The number of aryl methyl sites for hydroxylation is 2. The Balaban J connectivity index is 1.81. The van der Waals surface area contributed by atoms with Crippen molar-refractivity contribution in [2.24, 2.45) is 0 Å². The Kier molecular flexibility index (Phi) is 5.00. The molecule has 0 saturated heterocycles. The topological polar surface area (TPSA) is 44.1 Å². The van der Waals surface area contributed by atoms with E-state index in [0.29, 0.717) is 11.4 Å². The molecule has 0 radical (unpaired) electrons. The highest BCUT2D eigenvalue weighted by Gasteiger charge is 2.19. The zero-order chi connectivity index (χ0) is 20.4. The van der Waals surface area contributed by atoms with Crippen molar-refractivity contribution in [3.8, 4) is 22.8 Å². The van der Waals surface area contributed by atoms with Gasteiger partial charge in [0.1, 0.15) is 0 Å². The van der Waals surface area contributed by atoms with Gasteiger partial charge in [0, 0.05) is 11.6 Å². The molecule has 3 aromatic carbocycles. The van der Waals surface area contributed by atoms with Gasteiger partial charge in [-0.3, -0.25) is 0 Å². The van der Waals surface area contributed by atoms with Crippen molar-refractivity contribution >= 4 is 5.97 Å². The second kappa shape index (κ2) is 7.76. The van der Waals surface area contributed by atoms with E-state index in [1.54, 1.807) is 10.7 Å². The molecule has 4 rings (SSSR count). The summed E-state index contributed by atoms with van der Waals surface area (Å²) in [7, 11) is 0. The molecular formula is C25H22N2O2. The molecule has 0 bridgehead atoms. The number of esters is 1. The smallest absolute Gasteiger partial charge is 0.345 e. The number of benzene rings is 3. The maximum atomic E-state index is 12.9. The van der Waals surface area contributed by atoms with E-state index in [0.717, 1.165) is 33.6 Å². The number of carbonyl (C=O) groups excluding carboxylic acids is 1. The van der Waals surface area contributed by atoms with E-state index < -0.39 is 5.97 Å². The van der Waals surface area contributed by atoms with Crippen molar-refractivity contribution in [1.29, 1.82) is 0 Å². The third-order valence-electron chi connectivity index (χ3n) is 5.11. The van der Waals surface area contributed by atoms with Crippen molar-refractivity contribution in [1.82, 2.24) is 9.78 Å². The van der Waals surface area contributed by atoms with E-state index in [-0.39, 0.29) is 0 Å². The van der Waals surface area contributed by atoms with Crippen LogP contribution >= 0.6 is 0 Å². The minimum atomic E-state index is -0.394. The second-order valence-electron chi connectivity index (χ2n) is 7.07. The van der Waals surface area contributed by atoms with Crippen LogP contribution in [0.5, 0.6) is 5.88 Å². The van der Waals surface area contributed by atoms with Gasteiger partial charge in [-0.05, 0) is 49.6 Å². The summed E-state index contributed by atoms with van der Waals surface area (Å²) in [6.07, 6.45) is 0. The summed E-state index contributed by atoms with van der Waals surface area (Å²) >= 11 is 0. The fourth-order valence-corrected chi connectivity index (χ4v) is 3.28. The minimum absolute atomic E-state index is 0.394. The lowest BCUT2D eigenvalue weighted by Gasteiger charge is -2.12. The number of nitrogens with zero attached hydrogens (tertiary/aromatic N) is 2. The molecule has 0 saturated carbocycles. The molecule has 0 N–H and O–H groups in total. The summed E-state index contributed by atoms with van der Waals surface area (Å²) in [5.74, 6) is -0.0000241. The van der Waals surface area contributed by atoms with Gasteiger partial charge in [0.15, 0.2) is 0 Å². The van der Waals surface area contributed by atoms with E-state index in [2.05, 4.69) is 13.0 Å². The van der Waals surface area contributed by atoms with Gasteiger partial charge in [0.05, 0.1) is 16.9 Å². The Bertz CT molecular complexity index is 1180. The molecular weight excluding hydrogens is 360 g/mol. The molecule has 0 unspecified atom stereocenters. The molecule has 0 aliphatic carbocycles. The Morgan fingerprint density at radius 1 is 0.828 bits per heavy atom. The first-order valence-corrected chi connectivity index (χ1v) is 9.54. The van der Waals surface area contributed by atoms with E-state index >= 15 is 0 Å². The van der Waals surface area contributed by atoms with Crippen LogP contribution in [0.25, 0.3) is 16.9 Å². The first-order chi connectivity index (χ1) is 14.0. The predicted octanol–water partition coefficient (Wildman–Crippen LogP) is 5.68. The molecule has 0 atom stereocenters. The van der Waals surface area contributed by atoms with Gasteiger partial charge in [0.25, 0.3) is 0 Å². The first-order valence-electron chi connectivity index (χ1n) is 9.54. The second-order valence-corrected chi connectivity index (χ2v) is 7.07. The van der Waals surface area contributed by atoms with Crippen LogP contribution in [0.2, 0.25) is 0 Å². The van der Waals surface area contributed by atoms with E-state index in [4.69, 9.17) is 9.84 Å². The summed E-state index contributed by atoms with van der Waals surface area (Å²) < 4.78 is 7.53. The van der Waals surface area contributed by atoms with E-state index in [1.165, 1.54) is 0 Å². The molecule has 0 spiro atoms. The zero-order valence-corrected chi connectivity index (χ0v) is 16.7. The molecule has 144 valence electrons. The molecule has 1 aromatic heterocycles. The zero-order valence-electron chi connectivity index (χ0n) is 16.7. The minimum Gasteiger partial charge on any atom is -0.404 e. The number of ether oxygens (including phenoxy) is 1. The van der Waals surface area contributed by atoms with Crippen molar-refractivity contribution in [3.63, 3.8) is 0 Å². The average molecular weight is 382 g/mol. The Hall–Kier alpha value is -3.66. The van der Waals surface area contributed by atoms with E-state index in [1.807, 2.05) is 80.6 Å². The number of hydrogen-bond donors (Lipinski definition) is 0. The summed E-state index contributed by atoms with van der Waals surface area (Å²) in [4.78, 5) is 12.9. The lowest BCUT2D eigenvalue weighted by Crippen LogP contribution is -2.13. The summed E-state index contributed by atoms with van der Waals surface area (Å²) in [6, 6.07) is 25.1.